The van der Waals surface area contributed by atoms with E-state index in [1.54, 1.807) is 38.2 Å². The second-order valence-electron chi connectivity index (χ2n) is 4.59. The molecule has 0 saturated carbocycles. The van der Waals surface area contributed by atoms with Crippen LogP contribution in [0.15, 0.2) is 41.4 Å². The van der Waals surface area contributed by atoms with Gasteiger partial charge in [-0.15, -0.1) is 0 Å². The zero-order valence-corrected chi connectivity index (χ0v) is 11.9. The van der Waals surface area contributed by atoms with Crippen LogP contribution >= 0.6 is 0 Å². The van der Waals surface area contributed by atoms with Crippen LogP contribution < -0.4 is 10.0 Å². The molecule has 0 radical (unpaired) electrons. The normalized spacial score (nSPS) is 11.6. The smallest absolute Gasteiger partial charge is 0.328 e. The number of carbonyl (C=O) groups is 1. The third kappa shape index (κ3) is 3.24. The maximum absolute atomic E-state index is 12.1. The van der Waals surface area contributed by atoms with E-state index in [1.807, 2.05) is 4.72 Å². The topological polar surface area (TPSA) is 88.2 Å². The van der Waals surface area contributed by atoms with Crippen LogP contribution in [0.1, 0.15) is 13.8 Å². The molecule has 0 aliphatic carbocycles. The summed E-state index contributed by atoms with van der Waals surface area (Å²) in [6, 6.07) is 7.09. The summed E-state index contributed by atoms with van der Waals surface area (Å²) in [6.45, 7) is 3.49. The minimum absolute atomic E-state index is 0.0249. The van der Waals surface area contributed by atoms with Gasteiger partial charge in [0.1, 0.15) is 0 Å². The van der Waals surface area contributed by atoms with Crippen molar-refractivity contribution in [2.45, 2.75) is 24.8 Å². The van der Waals surface area contributed by atoms with Crippen molar-refractivity contribution in [2.75, 3.05) is 0 Å². The Morgan fingerprint density at radius 2 is 2.00 bits per heavy atom. The Morgan fingerprint density at radius 3 is 2.70 bits per heavy atom. The molecule has 0 aliphatic heterocycles. The van der Waals surface area contributed by atoms with E-state index in [-0.39, 0.29) is 10.9 Å². The third-order valence-corrected chi connectivity index (χ3v) is 3.86. The molecule has 0 saturated heterocycles. The number of aromatic nitrogens is 1. The maximum Gasteiger partial charge on any atom is 0.328 e. The Morgan fingerprint density at radius 1 is 1.25 bits per heavy atom. The molecule has 0 spiro atoms. The lowest BCUT2D eigenvalue weighted by molar-refractivity contribution is 0.243. The van der Waals surface area contributed by atoms with Crippen molar-refractivity contribution in [3.8, 4) is 0 Å². The van der Waals surface area contributed by atoms with Crippen molar-refractivity contribution in [3.05, 3.63) is 36.5 Å². The van der Waals surface area contributed by atoms with Gasteiger partial charge in [-0.1, -0.05) is 6.07 Å². The van der Waals surface area contributed by atoms with Gasteiger partial charge in [0.15, 0.2) is 0 Å². The number of hydrogen-bond acceptors (Lipinski definition) is 4. The molecule has 0 aliphatic rings. The molecule has 20 heavy (non-hydrogen) atoms. The highest BCUT2D eigenvalue weighted by Gasteiger charge is 2.18. The van der Waals surface area contributed by atoms with Crippen LogP contribution in [-0.2, 0) is 10.0 Å². The number of nitrogens with zero attached hydrogens (tertiary/aromatic N) is 1. The van der Waals surface area contributed by atoms with E-state index in [0.717, 1.165) is 0 Å². The van der Waals surface area contributed by atoms with E-state index in [2.05, 4.69) is 10.3 Å². The van der Waals surface area contributed by atoms with E-state index < -0.39 is 16.1 Å². The lowest BCUT2D eigenvalue weighted by Crippen LogP contribution is -2.42. The van der Waals surface area contributed by atoms with Crippen LogP contribution in [0.5, 0.6) is 0 Å². The number of sulfonamides is 1. The number of hydrogen-bond donors (Lipinski definition) is 2. The van der Waals surface area contributed by atoms with Gasteiger partial charge in [-0.25, -0.2) is 17.9 Å². The van der Waals surface area contributed by atoms with Crippen LogP contribution in [0, 0.1) is 0 Å². The van der Waals surface area contributed by atoms with Crippen molar-refractivity contribution in [3.63, 3.8) is 0 Å². The van der Waals surface area contributed by atoms with Gasteiger partial charge in [0.05, 0.1) is 10.4 Å². The molecule has 2 N–H and O–H groups in total. The SMILES string of the molecule is CC(C)NC(=O)NS(=O)(=O)c1ccc2ncccc2c1. The number of pyridine rings is 1. The molecule has 2 amide bonds. The first kappa shape index (κ1) is 14.3. The molecule has 0 unspecified atom stereocenters. The largest absolute Gasteiger partial charge is 0.335 e. The maximum atomic E-state index is 12.1. The summed E-state index contributed by atoms with van der Waals surface area (Å²) in [5.74, 6) is 0. The molecule has 1 heterocycles. The standard InChI is InChI=1S/C13H15N3O3S/c1-9(2)15-13(17)16-20(18,19)11-5-6-12-10(8-11)4-3-7-14-12/h3-9H,1-2H3,(H2,15,16,17). The van der Waals surface area contributed by atoms with Crippen LogP contribution in [0.2, 0.25) is 0 Å². The zero-order valence-electron chi connectivity index (χ0n) is 11.1. The Kier molecular flexibility index (Phi) is 3.89. The fourth-order valence-electron chi connectivity index (χ4n) is 1.69. The number of rotatable bonds is 3. The predicted molar refractivity (Wildman–Crippen MR) is 75.7 cm³/mol. The first-order valence-electron chi connectivity index (χ1n) is 6.06. The van der Waals surface area contributed by atoms with E-state index in [1.165, 1.54) is 12.1 Å². The molecule has 0 atom stereocenters. The summed E-state index contributed by atoms with van der Waals surface area (Å²) in [6.07, 6.45) is 1.63. The number of benzene rings is 1. The van der Waals surface area contributed by atoms with Gasteiger partial charge in [-0.2, -0.15) is 0 Å². The van der Waals surface area contributed by atoms with Gasteiger partial charge in [-0.05, 0) is 38.1 Å². The highest BCUT2D eigenvalue weighted by Crippen LogP contribution is 2.16. The van der Waals surface area contributed by atoms with Crippen molar-refractivity contribution >= 4 is 27.0 Å². The first-order valence-corrected chi connectivity index (χ1v) is 7.55. The van der Waals surface area contributed by atoms with Crippen LogP contribution in [-0.4, -0.2) is 25.5 Å². The number of fused-ring (bicyclic) bond motifs is 1. The van der Waals surface area contributed by atoms with Gasteiger partial charge in [0.2, 0.25) is 0 Å². The number of urea groups is 1. The average Bonchev–Trinajstić information content (AvgIpc) is 2.36. The fraction of sp³-hybridized carbons (Fsp3) is 0.231. The molecule has 1 aromatic heterocycles. The van der Waals surface area contributed by atoms with E-state index in [0.29, 0.717) is 10.9 Å². The average molecular weight is 293 g/mol. The van der Waals surface area contributed by atoms with Gasteiger partial charge in [0.25, 0.3) is 10.0 Å². The number of nitrogens with one attached hydrogen (secondary N) is 2. The molecule has 2 rings (SSSR count). The lowest BCUT2D eigenvalue weighted by atomic mass is 10.2. The lowest BCUT2D eigenvalue weighted by Gasteiger charge is -2.11. The molecule has 2 aromatic rings. The molecular formula is C13H15N3O3S. The Bertz CT molecular complexity index is 741. The van der Waals surface area contributed by atoms with Gasteiger partial charge < -0.3 is 5.32 Å². The Labute approximate surface area is 117 Å². The quantitative estimate of drug-likeness (QED) is 0.900. The summed E-state index contributed by atoms with van der Waals surface area (Å²) >= 11 is 0. The zero-order chi connectivity index (χ0) is 14.8. The summed E-state index contributed by atoms with van der Waals surface area (Å²) in [5.41, 5.74) is 0.693. The summed E-state index contributed by atoms with van der Waals surface area (Å²) in [4.78, 5) is 15.6. The highest BCUT2D eigenvalue weighted by molar-refractivity contribution is 7.90. The molecule has 0 fully saturated rings. The van der Waals surface area contributed by atoms with Gasteiger partial charge in [0, 0.05) is 17.6 Å². The predicted octanol–water partition coefficient (Wildman–Crippen LogP) is 1.63. The van der Waals surface area contributed by atoms with Crippen LogP contribution in [0.25, 0.3) is 10.9 Å². The minimum atomic E-state index is -3.89. The van der Waals surface area contributed by atoms with Crippen LogP contribution in [0.4, 0.5) is 4.79 Å². The van der Waals surface area contributed by atoms with E-state index in [4.69, 9.17) is 0 Å². The fourth-order valence-corrected chi connectivity index (χ4v) is 2.64. The van der Waals surface area contributed by atoms with Gasteiger partial charge in [-0.3, -0.25) is 4.98 Å². The molecule has 6 nitrogen and oxygen atoms in total. The molecule has 0 bridgehead atoms. The number of carbonyl (C=O) groups excluding carboxylic acids is 1. The van der Waals surface area contributed by atoms with Crippen LogP contribution in [0.3, 0.4) is 0 Å². The molecule has 7 heteroatoms. The monoisotopic (exact) mass is 293 g/mol. The number of amides is 2. The summed E-state index contributed by atoms with van der Waals surface area (Å²) in [7, 11) is -3.89. The van der Waals surface area contributed by atoms with Gasteiger partial charge >= 0.3 is 6.03 Å². The summed E-state index contributed by atoms with van der Waals surface area (Å²) in [5, 5.41) is 3.16. The van der Waals surface area contributed by atoms with E-state index in [9.17, 15) is 13.2 Å². The highest BCUT2D eigenvalue weighted by atomic mass is 32.2. The molecule has 1 aromatic carbocycles. The molecular weight excluding hydrogens is 278 g/mol. The Balaban J connectivity index is 2.29. The summed E-state index contributed by atoms with van der Waals surface area (Å²) < 4.78 is 26.1. The second kappa shape index (κ2) is 5.46. The minimum Gasteiger partial charge on any atom is -0.335 e. The van der Waals surface area contributed by atoms with E-state index >= 15 is 0 Å². The van der Waals surface area contributed by atoms with Crippen molar-refractivity contribution in [2.24, 2.45) is 0 Å². The Hall–Kier alpha value is -2.15. The van der Waals surface area contributed by atoms with Crippen molar-refractivity contribution < 1.29 is 13.2 Å². The third-order valence-electron chi connectivity index (χ3n) is 2.53. The van der Waals surface area contributed by atoms with Crippen molar-refractivity contribution in [1.82, 2.24) is 15.0 Å². The second-order valence-corrected chi connectivity index (χ2v) is 6.27. The molecule has 106 valence electrons. The first-order chi connectivity index (χ1) is 9.38. The van der Waals surface area contributed by atoms with Crippen molar-refractivity contribution in [1.29, 1.82) is 0 Å².